The predicted octanol–water partition coefficient (Wildman–Crippen LogP) is 2.34. The number of hydrogen-bond acceptors (Lipinski definition) is 1. The minimum absolute atomic E-state index is 0.426. The van der Waals surface area contributed by atoms with Gasteiger partial charge in [-0.25, -0.2) is 0 Å². The van der Waals surface area contributed by atoms with E-state index in [1.54, 1.807) is 0 Å². The van der Waals surface area contributed by atoms with Crippen molar-refractivity contribution in [2.75, 3.05) is 6.61 Å². The Morgan fingerprint density at radius 2 is 2.22 bits per heavy atom. The van der Waals surface area contributed by atoms with Gasteiger partial charge in [-0.3, -0.25) is 0 Å². The fourth-order valence-corrected chi connectivity index (χ4v) is 1.14. The fraction of sp³-hybridized carbons (Fsp3) is 0.750. The molecule has 0 aliphatic carbocycles. The van der Waals surface area contributed by atoms with E-state index < -0.39 is 0 Å². The quantitative estimate of drug-likeness (QED) is 0.484. The number of hydrogen-bond donors (Lipinski definition) is 0. The van der Waals surface area contributed by atoms with Crippen LogP contribution in [0.25, 0.3) is 0 Å². The molecule has 0 radical (unpaired) electrons. The summed E-state index contributed by atoms with van der Waals surface area (Å²) in [6, 6.07) is 0. The van der Waals surface area contributed by atoms with Gasteiger partial charge < -0.3 is 4.74 Å². The van der Waals surface area contributed by atoms with Crippen LogP contribution in [0.3, 0.4) is 0 Å². The van der Waals surface area contributed by atoms with E-state index in [0.717, 1.165) is 25.2 Å². The lowest BCUT2D eigenvalue weighted by Gasteiger charge is -2.30. The van der Waals surface area contributed by atoms with Crippen LogP contribution >= 0.6 is 0 Å². The van der Waals surface area contributed by atoms with Gasteiger partial charge in [-0.05, 0) is 11.8 Å². The highest BCUT2D eigenvalue weighted by Crippen LogP contribution is 2.32. The first-order valence-corrected chi connectivity index (χ1v) is 3.41. The van der Waals surface area contributed by atoms with Crippen LogP contribution in [-0.4, -0.2) is 6.61 Å². The molecule has 1 heterocycles. The maximum atomic E-state index is 5.22. The van der Waals surface area contributed by atoms with Crippen LogP contribution in [0, 0.1) is 5.41 Å². The summed E-state index contributed by atoms with van der Waals surface area (Å²) in [5.74, 6) is 0.950. The Labute approximate surface area is 56.7 Å². The minimum atomic E-state index is 0.426. The minimum Gasteiger partial charge on any atom is -0.499 e. The highest BCUT2D eigenvalue weighted by atomic mass is 16.5. The Morgan fingerprint density at radius 3 is 2.56 bits per heavy atom. The average molecular weight is 126 g/mol. The van der Waals surface area contributed by atoms with Crippen molar-refractivity contribution in [2.45, 2.75) is 26.7 Å². The smallest absolute Gasteiger partial charge is 0.0893 e. The molecule has 0 amide bonds. The maximum absolute atomic E-state index is 5.22. The molecule has 0 bridgehead atoms. The number of allylic oxidation sites excluding steroid dienone is 1. The van der Waals surface area contributed by atoms with Crippen LogP contribution in [0.4, 0.5) is 0 Å². The lowest BCUT2D eigenvalue weighted by Crippen LogP contribution is -2.21. The Balaban J connectivity index is 2.51. The molecule has 1 fully saturated rings. The first kappa shape index (κ1) is 6.66. The first-order chi connectivity index (χ1) is 4.10. The van der Waals surface area contributed by atoms with E-state index in [4.69, 9.17) is 4.74 Å². The van der Waals surface area contributed by atoms with Crippen LogP contribution in [-0.2, 0) is 4.74 Å². The summed E-state index contributed by atoms with van der Waals surface area (Å²) in [6.45, 7) is 9.14. The van der Waals surface area contributed by atoms with Crippen LogP contribution in [0.15, 0.2) is 12.3 Å². The summed E-state index contributed by atoms with van der Waals surface area (Å²) in [4.78, 5) is 0. The topological polar surface area (TPSA) is 9.23 Å². The van der Waals surface area contributed by atoms with Gasteiger partial charge in [-0.1, -0.05) is 20.4 Å². The van der Waals surface area contributed by atoms with E-state index in [9.17, 15) is 0 Å². The van der Waals surface area contributed by atoms with Gasteiger partial charge in [-0.15, -0.1) is 0 Å². The molecule has 52 valence electrons. The second-order valence-corrected chi connectivity index (χ2v) is 3.48. The Bertz CT molecular complexity index is 125. The zero-order valence-corrected chi connectivity index (χ0v) is 6.24. The molecule has 1 heteroatoms. The summed E-state index contributed by atoms with van der Waals surface area (Å²) in [5.41, 5.74) is 0.426. The molecule has 0 aromatic carbocycles. The maximum Gasteiger partial charge on any atom is 0.0893 e. The Kier molecular flexibility index (Phi) is 1.52. The largest absolute Gasteiger partial charge is 0.499 e. The van der Waals surface area contributed by atoms with E-state index in [2.05, 4.69) is 20.4 Å². The van der Waals surface area contributed by atoms with Crippen molar-refractivity contribution in [2.24, 2.45) is 5.41 Å². The lowest BCUT2D eigenvalue weighted by molar-refractivity contribution is 0.0928. The Morgan fingerprint density at radius 1 is 1.56 bits per heavy atom. The molecular weight excluding hydrogens is 112 g/mol. The van der Waals surface area contributed by atoms with Gasteiger partial charge in [0.15, 0.2) is 0 Å². The van der Waals surface area contributed by atoms with Gasteiger partial charge in [0.25, 0.3) is 0 Å². The standard InChI is InChI=1S/C8H14O/c1-7-6-8(2,3)4-5-9-7/h1,4-6H2,2-3H3. The molecule has 9 heavy (non-hydrogen) atoms. The highest BCUT2D eigenvalue weighted by molar-refractivity contribution is 4.92. The third-order valence-electron chi connectivity index (χ3n) is 1.76. The van der Waals surface area contributed by atoms with Crippen LogP contribution < -0.4 is 0 Å². The van der Waals surface area contributed by atoms with Crippen molar-refractivity contribution in [3.8, 4) is 0 Å². The van der Waals surface area contributed by atoms with Crippen molar-refractivity contribution in [1.82, 2.24) is 0 Å². The van der Waals surface area contributed by atoms with Crippen molar-refractivity contribution in [3.63, 3.8) is 0 Å². The van der Waals surface area contributed by atoms with E-state index in [-0.39, 0.29) is 0 Å². The van der Waals surface area contributed by atoms with Crippen molar-refractivity contribution >= 4 is 0 Å². The molecule has 0 saturated carbocycles. The van der Waals surface area contributed by atoms with E-state index in [1.807, 2.05) is 0 Å². The van der Waals surface area contributed by atoms with E-state index >= 15 is 0 Å². The van der Waals surface area contributed by atoms with Crippen LogP contribution in [0.5, 0.6) is 0 Å². The SMILES string of the molecule is C=C1CC(C)(C)CCO1. The van der Waals surface area contributed by atoms with Gasteiger partial charge >= 0.3 is 0 Å². The summed E-state index contributed by atoms with van der Waals surface area (Å²) < 4.78 is 5.22. The molecule has 0 atom stereocenters. The van der Waals surface area contributed by atoms with Gasteiger partial charge in [-0.2, -0.15) is 0 Å². The molecular formula is C8H14O. The molecule has 1 aliphatic rings. The molecule has 0 unspecified atom stereocenters. The molecule has 1 rings (SSSR count). The molecule has 0 aromatic heterocycles. The van der Waals surface area contributed by atoms with Gasteiger partial charge in [0.05, 0.1) is 12.4 Å². The molecule has 1 aliphatic heterocycles. The normalized spacial score (nSPS) is 25.3. The van der Waals surface area contributed by atoms with Crippen LogP contribution in [0.1, 0.15) is 26.7 Å². The van der Waals surface area contributed by atoms with Gasteiger partial charge in [0.2, 0.25) is 0 Å². The summed E-state index contributed by atoms with van der Waals surface area (Å²) in [6.07, 6.45) is 2.18. The van der Waals surface area contributed by atoms with Crippen molar-refractivity contribution in [3.05, 3.63) is 12.3 Å². The van der Waals surface area contributed by atoms with Gasteiger partial charge in [0, 0.05) is 6.42 Å². The summed E-state index contributed by atoms with van der Waals surface area (Å²) >= 11 is 0. The van der Waals surface area contributed by atoms with Gasteiger partial charge in [0.1, 0.15) is 0 Å². The molecule has 1 saturated heterocycles. The zero-order chi connectivity index (χ0) is 6.91. The van der Waals surface area contributed by atoms with Crippen molar-refractivity contribution in [1.29, 1.82) is 0 Å². The lowest BCUT2D eigenvalue weighted by atomic mass is 9.84. The molecule has 1 nitrogen and oxygen atoms in total. The van der Waals surface area contributed by atoms with Crippen molar-refractivity contribution < 1.29 is 4.74 Å². The monoisotopic (exact) mass is 126 g/mol. The highest BCUT2D eigenvalue weighted by Gasteiger charge is 2.23. The first-order valence-electron chi connectivity index (χ1n) is 3.41. The third-order valence-corrected chi connectivity index (χ3v) is 1.76. The second-order valence-electron chi connectivity index (χ2n) is 3.48. The van der Waals surface area contributed by atoms with Crippen LogP contribution in [0.2, 0.25) is 0 Å². The predicted molar refractivity (Wildman–Crippen MR) is 38.1 cm³/mol. The average Bonchev–Trinajstić information content (AvgIpc) is 1.60. The molecule has 0 N–H and O–H groups in total. The third kappa shape index (κ3) is 1.74. The molecule has 0 spiro atoms. The van der Waals surface area contributed by atoms with E-state index in [0.29, 0.717) is 5.41 Å². The summed E-state index contributed by atoms with van der Waals surface area (Å²) in [7, 11) is 0. The molecule has 0 aromatic rings. The zero-order valence-electron chi connectivity index (χ0n) is 6.24. The fourth-order valence-electron chi connectivity index (χ4n) is 1.14. The number of ether oxygens (including phenoxy) is 1. The number of rotatable bonds is 0. The second kappa shape index (κ2) is 2.05. The Hall–Kier alpha value is -0.460. The van der Waals surface area contributed by atoms with E-state index in [1.165, 1.54) is 0 Å². The summed E-state index contributed by atoms with van der Waals surface area (Å²) in [5, 5.41) is 0.